The summed E-state index contributed by atoms with van der Waals surface area (Å²) in [7, 11) is 0. The van der Waals surface area contributed by atoms with Crippen LogP contribution in [0.4, 0.5) is 0 Å². The summed E-state index contributed by atoms with van der Waals surface area (Å²) in [5.74, 6) is -0.193. The quantitative estimate of drug-likeness (QED) is 0.818. The van der Waals surface area contributed by atoms with Gasteiger partial charge in [-0.3, -0.25) is 23.7 Å². The number of aromatic nitrogens is 2. The summed E-state index contributed by atoms with van der Waals surface area (Å²) in [5.41, 5.74) is 0.152. The standard InChI is InChI=1S/C19H27N5O3S/c1-13(20-17(27)19(2,3)4)16(26)23-7-5-22(6-8-23)12-14-11-15(25)24-9-10-28-18(24)21-14/h9-11,13H,5-8,12H2,1-4H3,(H,20,27). The van der Waals surface area contributed by atoms with Gasteiger partial charge in [-0.15, -0.1) is 11.3 Å². The summed E-state index contributed by atoms with van der Waals surface area (Å²) < 4.78 is 1.54. The predicted molar refractivity (Wildman–Crippen MR) is 108 cm³/mol. The zero-order chi connectivity index (χ0) is 20.5. The maximum Gasteiger partial charge on any atom is 0.258 e. The van der Waals surface area contributed by atoms with Gasteiger partial charge in [0.15, 0.2) is 4.96 Å². The molecule has 3 heterocycles. The van der Waals surface area contributed by atoms with Gasteiger partial charge in [-0.25, -0.2) is 4.98 Å². The molecule has 8 nitrogen and oxygen atoms in total. The minimum absolute atomic E-state index is 0.0615. The third kappa shape index (κ3) is 4.59. The summed E-state index contributed by atoms with van der Waals surface area (Å²) in [4.78, 5) is 46.0. The molecule has 2 amide bonds. The first-order valence-electron chi connectivity index (χ1n) is 9.43. The van der Waals surface area contributed by atoms with Crippen molar-refractivity contribution in [2.75, 3.05) is 26.2 Å². The van der Waals surface area contributed by atoms with Crippen LogP contribution in [0.15, 0.2) is 22.4 Å². The van der Waals surface area contributed by atoms with Crippen molar-refractivity contribution < 1.29 is 9.59 Å². The minimum Gasteiger partial charge on any atom is -0.344 e. The van der Waals surface area contributed by atoms with E-state index in [1.165, 1.54) is 15.7 Å². The Hall–Kier alpha value is -2.26. The van der Waals surface area contributed by atoms with E-state index in [1.54, 1.807) is 24.1 Å². The van der Waals surface area contributed by atoms with Crippen LogP contribution in [0.25, 0.3) is 4.96 Å². The van der Waals surface area contributed by atoms with Gasteiger partial charge in [-0.1, -0.05) is 20.8 Å². The van der Waals surface area contributed by atoms with Crippen LogP contribution in [0.5, 0.6) is 0 Å². The number of hydrogen-bond acceptors (Lipinski definition) is 6. The molecule has 0 radical (unpaired) electrons. The third-order valence-electron chi connectivity index (χ3n) is 4.83. The lowest BCUT2D eigenvalue weighted by atomic mass is 9.95. The summed E-state index contributed by atoms with van der Waals surface area (Å²) >= 11 is 1.44. The Labute approximate surface area is 168 Å². The Morgan fingerprint density at radius 3 is 2.57 bits per heavy atom. The second-order valence-electron chi connectivity index (χ2n) is 8.19. The van der Waals surface area contributed by atoms with Gasteiger partial charge in [0.1, 0.15) is 6.04 Å². The number of nitrogens with one attached hydrogen (secondary N) is 1. The Bertz CT molecular complexity index is 922. The fourth-order valence-electron chi connectivity index (χ4n) is 3.07. The molecule has 0 bridgehead atoms. The molecule has 1 aliphatic rings. The molecule has 3 rings (SSSR count). The number of carbonyl (C=O) groups is 2. The second-order valence-corrected chi connectivity index (χ2v) is 9.06. The SMILES string of the molecule is CC(NC(=O)C(C)(C)C)C(=O)N1CCN(Cc2cc(=O)n3ccsc3n2)CC1. The number of thiazole rings is 1. The van der Waals surface area contributed by atoms with Crippen LogP contribution in [-0.4, -0.2) is 63.2 Å². The number of hydrogen-bond donors (Lipinski definition) is 1. The van der Waals surface area contributed by atoms with Crippen molar-refractivity contribution >= 4 is 28.1 Å². The third-order valence-corrected chi connectivity index (χ3v) is 5.58. The largest absolute Gasteiger partial charge is 0.344 e. The van der Waals surface area contributed by atoms with Crippen molar-refractivity contribution in [2.45, 2.75) is 40.3 Å². The number of carbonyl (C=O) groups excluding carboxylic acids is 2. The maximum atomic E-state index is 12.6. The van der Waals surface area contributed by atoms with Crippen molar-refractivity contribution in [3.05, 3.63) is 33.7 Å². The maximum absolute atomic E-state index is 12.6. The molecule has 2 aromatic rings. The van der Waals surface area contributed by atoms with Crippen LogP contribution in [0, 0.1) is 5.41 Å². The molecule has 0 saturated carbocycles. The second kappa shape index (κ2) is 8.00. The molecule has 9 heteroatoms. The molecule has 1 unspecified atom stereocenters. The molecular weight excluding hydrogens is 378 g/mol. The molecule has 152 valence electrons. The predicted octanol–water partition coefficient (Wildman–Crippen LogP) is 0.951. The molecular formula is C19H27N5O3S. The highest BCUT2D eigenvalue weighted by atomic mass is 32.1. The van der Waals surface area contributed by atoms with Crippen molar-refractivity contribution in [1.29, 1.82) is 0 Å². The van der Waals surface area contributed by atoms with E-state index in [1.807, 2.05) is 26.2 Å². The Morgan fingerprint density at radius 1 is 1.25 bits per heavy atom. The molecule has 28 heavy (non-hydrogen) atoms. The van der Waals surface area contributed by atoms with Crippen LogP contribution in [0.2, 0.25) is 0 Å². The first-order valence-corrected chi connectivity index (χ1v) is 10.3. The van der Waals surface area contributed by atoms with E-state index < -0.39 is 11.5 Å². The van der Waals surface area contributed by atoms with E-state index in [-0.39, 0.29) is 17.4 Å². The van der Waals surface area contributed by atoms with E-state index in [0.717, 1.165) is 5.69 Å². The highest BCUT2D eigenvalue weighted by Crippen LogP contribution is 2.14. The fraction of sp³-hybridized carbons (Fsp3) is 0.579. The summed E-state index contributed by atoms with van der Waals surface area (Å²) in [6.07, 6.45) is 1.73. The summed E-state index contributed by atoms with van der Waals surface area (Å²) in [6.45, 7) is 10.4. The number of piperazine rings is 1. The number of fused-ring (bicyclic) bond motifs is 1. The normalized spacial score (nSPS) is 16.9. The number of rotatable bonds is 4. The molecule has 0 aromatic carbocycles. The number of nitrogens with zero attached hydrogens (tertiary/aromatic N) is 4. The van der Waals surface area contributed by atoms with Crippen LogP contribution < -0.4 is 10.9 Å². The molecule has 1 atom stereocenters. The lowest BCUT2D eigenvalue weighted by Gasteiger charge is -2.36. The fourth-order valence-corrected chi connectivity index (χ4v) is 3.81. The average Bonchev–Trinajstić information content (AvgIpc) is 3.10. The molecule has 0 spiro atoms. The molecule has 1 N–H and O–H groups in total. The summed E-state index contributed by atoms with van der Waals surface area (Å²) in [6, 6.07) is 1.03. The van der Waals surface area contributed by atoms with Gasteiger partial charge in [-0.05, 0) is 6.92 Å². The first-order chi connectivity index (χ1) is 13.1. The lowest BCUT2D eigenvalue weighted by Crippen LogP contribution is -2.55. The van der Waals surface area contributed by atoms with Crippen molar-refractivity contribution in [3.63, 3.8) is 0 Å². The zero-order valence-electron chi connectivity index (χ0n) is 16.8. The highest BCUT2D eigenvalue weighted by molar-refractivity contribution is 7.15. The smallest absolute Gasteiger partial charge is 0.258 e. The average molecular weight is 406 g/mol. The lowest BCUT2D eigenvalue weighted by molar-refractivity contribution is -0.139. The van der Waals surface area contributed by atoms with Crippen LogP contribution in [0.3, 0.4) is 0 Å². The van der Waals surface area contributed by atoms with Gasteiger partial charge >= 0.3 is 0 Å². The highest BCUT2D eigenvalue weighted by Gasteiger charge is 2.29. The molecule has 2 aromatic heterocycles. The zero-order valence-corrected chi connectivity index (χ0v) is 17.6. The molecule has 1 fully saturated rings. The Kier molecular flexibility index (Phi) is 5.85. The summed E-state index contributed by atoms with van der Waals surface area (Å²) in [5, 5.41) is 4.64. The molecule has 1 saturated heterocycles. The van der Waals surface area contributed by atoms with E-state index in [4.69, 9.17) is 0 Å². The van der Waals surface area contributed by atoms with Crippen LogP contribution >= 0.6 is 11.3 Å². The topological polar surface area (TPSA) is 87.0 Å². The van der Waals surface area contributed by atoms with E-state index >= 15 is 0 Å². The van der Waals surface area contributed by atoms with Gasteiger partial charge < -0.3 is 10.2 Å². The van der Waals surface area contributed by atoms with E-state index in [0.29, 0.717) is 37.7 Å². The van der Waals surface area contributed by atoms with Crippen molar-refractivity contribution in [2.24, 2.45) is 5.41 Å². The van der Waals surface area contributed by atoms with E-state index in [2.05, 4.69) is 15.2 Å². The Balaban J connectivity index is 1.54. The molecule has 1 aliphatic heterocycles. The molecule has 0 aliphatic carbocycles. The van der Waals surface area contributed by atoms with Gasteiger partial charge in [0, 0.05) is 55.8 Å². The van der Waals surface area contributed by atoms with Gasteiger partial charge in [0.2, 0.25) is 11.8 Å². The van der Waals surface area contributed by atoms with E-state index in [9.17, 15) is 14.4 Å². The first kappa shape index (κ1) is 20.5. The van der Waals surface area contributed by atoms with Crippen LogP contribution in [-0.2, 0) is 16.1 Å². The monoisotopic (exact) mass is 405 g/mol. The van der Waals surface area contributed by atoms with Crippen LogP contribution in [0.1, 0.15) is 33.4 Å². The van der Waals surface area contributed by atoms with Crippen molar-refractivity contribution in [3.8, 4) is 0 Å². The minimum atomic E-state index is -0.541. The van der Waals surface area contributed by atoms with Gasteiger partial charge in [-0.2, -0.15) is 0 Å². The van der Waals surface area contributed by atoms with Gasteiger partial charge in [0.25, 0.3) is 5.56 Å². The Morgan fingerprint density at radius 2 is 1.93 bits per heavy atom. The van der Waals surface area contributed by atoms with Crippen molar-refractivity contribution in [1.82, 2.24) is 24.5 Å². The number of amides is 2. The van der Waals surface area contributed by atoms with Gasteiger partial charge in [0.05, 0.1) is 5.69 Å².